The third kappa shape index (κ3) is 2.31. The minimum Gasteiger partial charge on any atom is -0.304 e. The zero-order valence-electron chi connectivity index (χ0n) is 9.60. The zero-order chi connectivity index (χ0) is 11.5. The molecule has 0 aliphatic carbocycles. The molecule has 2 atom stereocenters. The highest BCUT2D eigenvalue weighted by Crippen LogP contribution is 2.22. The largest absolute Gasteiger partial charge is 0.304 e. The molecular weight excluding hydrogens is 216 g/mol. The standard InChI is InChI=1S/C13H16N2S/c1-4-9(2)15-10(3)11-7-13-12(14-8-11)5-6-16-13/h4-10,15H,1H2,2-3H3. The van der Waals surface area contributed by atoms with Crippen molar-refractivity contribution in [2.45, 2.75) is 25.9 Å². The highest BCUT2D eigenvalue weighted by molar-refractivity contribution is 7.17. The summed E-state index contributed by atoms with van der Waals surface area (Å²) in [5.74, 6) is 0. The molecule has 0 saturated heterocycles. The van der Waals surface area contributed by atoms with Gasteiger partial charge in [0.25, 0.3) is 0 Å². The predicted octanol–water partition coefficient (Wildman–Crippen LogP) is 3.52. The Morgan fingerprint density at radius 1 is 1.50 bits per heavy atom. The molecule has 0 aliphatic rings. The van der Waals surface area contributed by atoms with Crippen LogP contribution in [-0.4, -0.2) is 11.0 Å². The van der Waals surface area contributed by atoms with E-state index in [0.717, 1.165) is 5.52 Å². The predicted molar refractivity (Wildman–Crippen MR) is 70.8 cm³/mol. The van der Waals surface area contributed by atoms with E-state index >= 15 is 0 Å². The molecule has 2 nitrogen and oxygen atoms in total. The maximum Gasteiger partial charge on any atom is 0.0809 e. The first-order valence-corrected chi connectivity index (χ1v) is 6.30. The molecule has 0 fully saturated rings. The number of pyridine rings is 1. The zero-order valence-corrected chi connectivity index (χ0v) is 10.4. The van der Waals surface area contributed by atoms with Gasteiger partial charge in [-0.1, -0.05) is 6.08 Å². The fourth-order valence-corrected chi connectivity index (χ4v) is 2.45. The quantitative estimate of drug-likeness (QED) is 0.816. The minimum atomic E-state index is 0.298. The lowest BCUT2D eigenvalue weighted by atomic mass is 10.1. The van der Waals surface area contributed by atoms with Crippen LogP contribution in [0.4, 0.5) is 0 Å². The molecule has 2 aromatic rings. The van der Waals surface area contributed by atoms with E-state index in [1.807, 2.05) is 18.3 Å². The van der Waals surface area contributed by atoms with Gasteiger partial charge in [0.2, 0.25) is 0 Å². The second kappa shape index (κ2) is 4.76. The van der Waals surface area contributed by atoms with Gasteiger partial charge in [0.1, 0.15) is 0 Å². The number of rotatable bonds is 4. The summed E-state index contributed by atoms with van der Waals surface area (Å²) in [5.41, 5.74) is 2.31. The van der Waals surface area contributed by atoms with E-state index < -0.39 is 0 Å². The third-order valence-corrected chi connectivity index (χ3v) is 3.54. The fourth-order valence-electron chi connectivity index (χ4n) is 1.66. The molecule has 0 amide bonds. The van der Waals surface area contributed by atoms with Crippen molar-refractivity contribution in [1.29, 1.82) is 0 Å². The third-order valence-electron chi connectivity index (χ3n) is 2.69. The molecule has 0 aromatic carbocycles. The van der Waals surface area contributed by atoms with E-state index in [9.17, 15) is 0 Å². The first-order valence-electron chi connectivity index (χ1n) is 5.42. The van der Waals surface area contributed by atoms with Crippen LogP contribution in [0.15, 0.2) is 36.4 Å². The summed E-state index contributed by atoms with van der Waals surface area (Å²) in [4.78, 5) is 4.44. The first-order chi connectivity index (χ1) is 7.70. The number of hydrogen-bond acceptors (Lipinski definition) is 3. The molecule has 0 bridgehead atoms. The molecule has 2 rings (SSSR count). The average Bonchev–Trinajstić information content (AvgIpc) is 2.75. The van der Waals surface area contributed by atoms with Crippen molar-refractivity contribution in [3.63, 3.8) is 0 Å². The minimum absolute atomic E-state index is 0.298. The number of nitrogens with zero attached hydrogens (tertiary/aromatic N) is 1. The number of fused-ring (bicyclic) bond motifs is 1. The topological polar surface area (TPSA) is 24.9 Å². The lowest BCUT2D eigenvalue weighted by molar-refractivity contribution is 0.536. The monoisotopic (exact) mass is 232 g/mol. The summed E-state index contributed by atoms with van der Waals surface area (Å²) in [7, 11) is 0. The van der Waals surface area contributed by atoms with Crippen LogP contribution in [0.3, 0.4) is 0 Å². The van der Waals surface area contributed by atoms with Gasteiger partial charge in [0, 0.05) is 18.3 Å². The van der Waals surface area contributed by atoms with Crippen molar-refractivity contribution in [3.8, 4) is 0 Å². The van der Waals surface area contributed by atoms with Crippen LogP contribution >= 0.6 is 11.3 Å². The Bertz CT molecular complexity index is 489. The molecule has 1 N–H and O–H groups in total. The van der Waals surface area contributed by atoms with Crippen LogP contribution in [-0.2, 0) is 0 Å². The molecule has 2 heterocycles. The van der Waals surface area contributed by atoms with Gasteiger partial charge in [-0.05, 0) is 36.9 Å². The van der Waals surface area contributed by atoms with Crippen LogP contribution in [0.1, 0.15) is 25.5 Å². The Hall–Kier alpha value is -1.19. The number of hydrogen-bond donors (Lipinski definition) is 1. The van der Waals surface area contributed by atoms with E-state index in [1.165, 1.54) is 10.3 Å². The molecule has 0 radical (unpaired) electrons. The van der Waals surface area contributed by atoms with E-state index in [0.29, 0.717) is 12.1 Å². The van der Waals surface area contributed by atoms with Crippen molar-refractivity contribution in [2.75, 3.05) is 0 Å². The maximum absolute atomic E-state index is 4.44. The van der Waals surface area contributed by atoms with E-state index in [2.05, 4.69) is 42.2 Å². The van der Waals surface area contributed by atoms with Crippen molar-refractivity contribution < 1.29 is 0 Å². The van der Waals surface area contributed by atoms with Gasteiger partial charge in [-0.2, -0.15) is 0 Å². The lowest BCUT2D eigenvalue weighted by Crippen LogP contribution is -2.26. The van der Waals surface area contributed by atoms with Gasteiger partial charge < -0.3 is 5.32 Å². The summed E-state index contributed by atoms with van der Waals surface area (Å²) in [6.07, 6.45) is 3.86. The summed E-state index contributed by atoms with van der Waals surface area (Å²) in [6.45, 7) is 8.02. The first kappa shape index (κ1) is 11.3. The van der Waals surface area contributed by atoms with Gasteiger partial charge in [-0.3, -0.25) is 4.98 Å². The molecule has 2 unspecified atom stereocenters. The Balaban J connectivity index is 2.21. The SMILES string of the molecule is C=CC(C)NC(C)c1cnc2ccsc2c1. The lowest BCUT2D eigenvalue weighted by Gasteiger charge is -2.17. The van der Waals surface area contributed by atoms with Gasteiger partial charge >= 0.3 is 0 Å². The van der Waals surface area contributed by atoms with Gasteiger partial charge in [0.05, 0.1) is 10.2 Å². The highest BCUT2D eigenvalue weighted by Gasteiger charge is 2.08. The summed E-state index contributed by atoms with van der Waals surface area (Å²) < 4.78 is 1.25. The van der Waals surface area contributed by atoms with E-state index in [-0.39, 0.29) is 0 Å². The fraction of sp³-hybridized carbons (Fsp3) is 0.308. The van der Waals surface area contributed by atoms with Crippen LogP contribution in [0.25, 0.3) is 10.2 Å². The Morgan fingerprint density at radius 2 is 2.31 bits per heavy atom. The average molecular weight is 232 g/mol. The molecule has 0 aliphatic heterocycles. The van der Waals surface area contributed by atoms with Crippen LogP contribution in [0.5, 0.6) is 0 Å². The molecule has 84 valence electrons. The summed E-state index contributed by atoms with van der Waals surface area (Å²) in [5, 5.41) is 5.52. The molecular formula is C13H16N2S. The number of aromatic nitrogens is 1. The molecule has 0 saturated carbocycles. The number of nitrogens with one attached hydrogen (secondary N) is 1. The second-order valence-corrected chi connectivity index (χ2v) is 4.93. The van der Waals surface area contributed by atoms with E-state index in [4.69, 9.17) is 0 Å². The maximum atomic E-state index is 4.44. The van der Waals surface area contributed by atoms with Crippen molar-refractivity contribution in [1.82, 2.24) is 10.3 Å². The van der Waals surface area contributed by atoms with Gasteiger partial charge in [-0.15, -0.1) is 17.9 Å². The summed E-state index contributed by atoms with van der Waals surface area (Å²) >= 11 is 1.73. The van der Waals surface area contributed by atoms with Crippen LogP contribution in [0, 0.1) is 0 Å². The highest BCUT2D eigenvalue weighted by atomic mass is 32.1. The van der Waals surface area contributed by atoms with Crippen molar-refractivity contribution in [3.05, 3.63) is 41.9 Å². The van der Waals surface area contributed by atoms with Gasteiger partial charge in [0.15, 0.2) is 0 Å². The van der Waals surface area contributed by atoms with Crippen molar-refractivity contribution >= 4 is 21.6 Å². The molecule has 0 spiro atoms. The second-order valence-electron chi connectivity index (χ2n) is 3.99. The molecule has 16 heavy (non-hydrogen) atoms. The normalized spacial score (nSPS) is 14.9. The van der Waals surface area contributed by atoms with Crippen LogP contribution < -0.4 is 5.32 Å². The summed E-state index contributed by atoms with van der Waals surface area (Å²) in [6, 6.07) is 4.87. The molecule has 3 heteroatoms. The Kier molecular flexibility index (Phi) is 3.36. The Morgan fingerprint density at radius 3 is 3.06 bits per heavy atom. The van der Waals surface area contributed by atoms with Crippen LogP contribution in [0.2, 0.25) is 0 Å². The molecule has 2 aromatic heterocycles. The van der Waals surface area contributed by atoms with E-state index in [1.54, 1.807) is 11.3 Å². The number of thiophene rings is 1. The Labute approximate surface area is 100 Å². The smallest absolute Gasteiger partial charge is 0.0809 e. The van der Waals surface area contributed by atoms with Crippen molar-refractivity contribution in [2.24, 2.45) is 0 Å². The van der Waals surface area contributed by atoms with Gasteiger partial charge in [-0.25, -0.2) is 0 Å².